The Hall–Kier alpha value is -1.76. The quantitative estimate of drug-likeness (QED) is 0.503. The van der Waals surface area contributed by atoms with Gasteiger partial charge in [-0.1, -0.05) is 42.5 Å². The largest absolute Gasteiger partial charge is 0.494 e. The monoisotopic (exact) mass is 254 g/mol. The van der Waals surface area contributed by atoms with E-state index in [4.69, 9.17) is 4.74 Å². The van der Waals surface area contributed by atoms with Crippen LogP contribution < -0.4 is 4.74 Å². The van der Waals surface area contributed by atoms with Crippen molar-refractivity contribution >= 4 is 5.57 Å². The Morgan fingerprint density at radius 2 is 2.21 bits per heavy atom. The molecule has 19 heavy (non-hydrogen) atoms. The summed E-state index contributed by atoms with van der Waals surface area (Å²) in [5, 5.41) is 0. The van der Waals surface area contributed by atoms with E-state index >= 15 is 0 Å². The van der Waals surface area contributed by atoms with Crippen LogP contribution in [0.4, 0.5) is 0 Å². The second-order valence-corrected chi connectivity index (χ2v) is 4.73. The molecule has 0 bridgehead atoms. The van der Waals surface area contributed by atoms with Gasteiger partial charge in [0.2, 0.25) is 0 Å². The first-order valence-electron chi connectivity index (χ1n) is 7.11. The van der Waals surface area contributed by atoms with Gasteiger partial charge in [0.1, 0.15) is 5.75 Å². The van der Waals surface area contributed by atoms with Crippen molar-refractivity contribution in [3.8, 4) is 5.75 Å². The molecule has 0 aliphatic heterocycles. The highest BCUT2D eigenvalue weighted by atomic mass is 16.5. The summed E-state index contributed by atoms with van der Waals surface area (Å²) in [6, 6.07) is 8.39. The van der Waals surface area contributed by atoms with Crippen LogP contribution in [0.25, 0.3) is 5.57 Å². The predicted octanol–water partition coefficient (Wildman–Crippen LogP) is 5.16. The minimum absolute atomic E-state index is 0.780. The molecule has 1 aromatic carbocycles. The summed E-state index contributed by atoms with van der Waals surface area (Å²) in [5.74, 6) is 0.970. The van der Waals surface area contributed by atoms with E-state index in [9.17, 15) is 0 Å². The summed E-state index contributed by atoms with van der Waals surface area (Å²) in [4.78, 5) is 0. The van der Waals surface area contributed by atoms with Gasteiger partial charge in [0.25, 0.3) is 0 Å². The van der Waals surface area contributed by atoms with Gasteiger partial charge >= 0.3 is 0 Å². The maximum Gasteiger partial charge on any atom is 0.119 e. The van der Waals surface area contributed by atoms with Crippen LogP contribution in [0, 0.1) is 0 Å². The van der Waals surface area contributed by atoms with E-state index in [0.717, 1.165) is 38.0 Å². The topological polar surface area (TPSA) is 9.23 Å². The molecular weight excluding hydrogens is 232 g/mol. The molecule has 1 aromatic rings. The molecule has 0 saturated heterocycles. The molecule has 0 spiro atoms. The Morgan fingerprint density at radius 1 is 1.26 bits per heavy atom. The highest BCUT2D eigenvalue weighted by Gasteiger charge is 2.02. The molecular formula is C18H22O. The lowest BCUT2D eigenvalue weighted by Gasteiger charge is -2.10. The molecule has 1 aliphatic carbocycles. The number of unbranched alkanes of at least 4 members (excludes halogenated alkanes) is 1. The standard InChI is InChI=1S/C18H22O/c1-2-3-4-8-14-19-18-13-9-12-17(15-18)16-10-6-5-7-11-16/h2-3,6,9-13,15H,4-5,7-8,14H2,1H3/b3-2+. The van der Waals surface area contributed by atoms with Crippen molar-refractivity contribution in [3.63, 3.8) is 0 Å². The second-order valence-electron chi connectivity index (χ2n) is 4.73. The summed E-state index contributed by atoms with van der Waals surface area (Å²) in [5.41, 5.74) is 2.56. The first kappa shape index (κ1) is 13.7. The lowest BCUT2D eigenvalue weighted by Crippen LogP contribution is -1.97. The number of hydrogen-bond acceptors (Lipinski definition) is 1. The Labute approximate surface area is 116 Å². The summed E-state index contributed by atoms with van der Waals surface area (Å²) in [7, 11) is 0. The van der Waals surface area contributed by atoms with Gasteiger partial charge in [-0.3, -0.25) is 0 Å². The van der Waals surface area contributed by atoms with Gasteiger partial charge in [-0.05, 0) is 55.9 Å². The number of ether oxygens (including phenoxy) is 1. The fraction of sp³-hybridized carbons (Fsp3) is 0.333. The maximum atomic E-state index is 5.80. The molecule has 0 unspecified atom stereocenters. The Kier molecular flexibility index (Phi) is 5.49. The number of allylic oxidation sites excluding steroid dienone is 6. The highest BCUT2D eigenvalue weighted by Crippen LogP contribution is 2.24. The number of rotatable bonds is 6. The maximum absolute atomic E-state index is 5.80. The van der Waals surface area contributed by atoms with E-state index < -0.39 is 0 Å². The van der Waals surface area contributed by atoms with Crippen LogP contribution >= 0.6 is 0 Å². The lowest BCUT2D eigenvalue weighted by molar-refractivity contribution is 0.312. The van der Waals surface area contributed by atoms with Crippen LogP contribution in [0.15, 0.2) is 54.6 Å². The third kappa shape index (κ3) is 4.44. The molecule has 0 amide bonds. The van der Waals surface area contributed by atoms with Gasteiger partial charge in [0.15, 0.2) is 0 Å². The smallest absolute Gasteiger partial charge is 0.119 e. The molecule has 1 nitrogen and oxygen atoms in total. The average Bonchev–Trinajstić information content (AvgIpc) is 2.48. The zero-order chi connectivity index (χ0) is 13.3. The first-order chi connectivity index (χ1) is 9.40. The van der Waals surface area contributed by atoms with Crippen molar-refractivity contribution in [1.29, 1.82) is 0 Å². The Bertz CT molecular complexity index is 480. The van der Waals surface area contributed by atoms with Crippen molar-refractivity contribution in [2.24, 2.45) is 0 Å². The fourth-order valence-electron chi connectivity index (χ4n) is 2.15. The van der Waals surface area contributed by atoms with Crippen molar-refractivity contribution in [2.75, 3.05) is 6.61 Å². The van der Waals surface area contributed by atoms with E-state index in [1.165, 1.54) is 11.1 Å². The first-order valence-corrected chi connectivity index (χ1v) is 7.11. The van der Waals surface area contributed by atoms with Crippen molar-refractivity contribution in [2.45, 2.75) is 32.6 Å². The van der Waals surface area contributed by atoms with Crippen LogP contribution in [0.2, 0.25) is 0 Å². The van der Waals surface area contributed by atoms with Gasteiger partial charge in [-0.15, -0.1) is 0 Å². The average molecular weight is 254 g/mol. The van der Waals surface area contributed by atoms with Crippen molar-refractivity contribution < 1.29 is 4.74 Å². The molecule has 0 fully saturated rings. The third-order valence-corrected chi connectivity index (χ3v) is 3.18. The lowest BCUT2D eigenvalue weighted by atomic mass is 9.99. The van der Waals surface area contributed by atoms with Gasteiger partial charge in [0.05, 0.1) is 6.61 Å². The van der Waals surface area contributed by atoms with E-state index in [1.54, 1.807) is 0 Å². The Balaban J connectivity index is 1.91. The zero-order valence-electron chi connectivity index (χ0n) is 11.6. The van der Waals surface area contributed by atoms with Crippen LogP contribution in [0.5, 0.6) is 5.75 Å². The summed E-state index contributed by atoms with van der Waals surface area (Å²) in [6.45, 7) is 2.83. The summed E-state index contributed by atoms with van der Waals surface area (Å²) < 4.78 is 5.80. The molecule has 0 heterocycles. The van der Waals surface area contributed by atoms with E-state index in [0.29, 0.717) is 0 Å². The normalized spacial score (nSPS) is 14.7. The molecule has 0 aromatic heterocycles. The van der Waals surface area contributed by atoms with Crippen LogP contribution in [0.1, 0.15) is 38.2 Å². The fourth-order valence-corrected chi connectivity index (χ4v) is 2.15. The Morgan fingerprint density at radius 3 is 3.00 bits per heavy atom. The molecule has 100 valence electrons. The minimum Gasteiger partial charge on any atom is -0.494 e. The molecule has 1 aliphatic rings. The SMILES string of the molecule is C/C=C/CCCOc1cccc(C2=CCCC=C2)c1. The summed E-state index contributed by atoms with van der Waals surface area (Å²) >= 11 is 0. The van der Waals surface area contributed by atoms with E-state index in [-0.39, 0.29) is 0 Å². The third-order valence-electron chi connectivity index (χ3n) is 3.18. The van der Waals surface area contributed by atoms with Crippen LogP contribution in [-0.4, -0.2) is 6.61 Å². The zero-order valence-corrected chi connectivity index (χ0v) is 11.6. The predicted molar refractivity (Wildman–Crippen MR) is 82.3 cm³/mol. The van der Waals surface area contributed by atoms with Crippen LogP contribution in [0.3, 0.4) is 0 Å². The second kappa shape index (κ2) is 7.63. The van der Waals surface area contributed by atoms with E-state index in [1.807, 2.05) is 6.07 Å². The van der Waals surface area contributed by atoms with Crippen molar-refractivity contribution in [3.05, 3.63) is 60.2 Å². The van der Waals surface area contributed by atoms with Gasteiger partial charge in [-0.25, -0.2) is 0 Å². The molecule has 2 rings (SSSR count). The van der Waals surface area contributed by atoms with Gasteiger partial charge in [0, 0.05) is 0 Å². The molecule has 0 atom stereocenters. The number of hydrogen-bond donors (Lipinski definition) is 0. The minimum atomic E-state index is 0.780. The molecule has 0 radical (unpaired) electrons. The van der Waals surface area contributed by atoms with Gasteiger partial charge < -0.3 is 4.74 Å². The summed E-state index contributed by atoms with van der Waals surface area (Å²) in [6.07, 6.45) is 15.5. The van der Waals surface area contributed by atoms with Crippen molar-refractivity contribution in [1.82, 2.24) is 0 Å². The molecule has 1 heteroatoms. The van der Waals surface area contributed by atoms with Crippen LogP contribution in [-0.2, 0) is 0 Å². The molecule has 0 saturated carbocycles. The van der Waals surface area contributed by atoms with E-state index in [2.05, 4.69) is 55.5 Å². The molecule has 0 N–H and O–H groups in total. The number of benzene rings is 1. The highest BCUT2D eigenvalue weighted by molar-refractivity contribution is 5.75. The van der Waals surface area contributed by atoms with Gasteiger partial charge in [-0.2, -0.15) is 0 Å².